The summed E-state index contributed by atoms with van der Waals surface area (Å²) in [6.45, 7) is 1.97. The third kappa shape index (κ3) is 5.01. The largest absolute Gasteiger partial charge is 0.360 e. The van der Waals surface area contributed by atoms with Crippen LogP contribution in [0.4, 0.5) is 0 Å². The van der Waals surface area contributed by atoms with E-state index in [1.54, 1.807) is 11.3 Å². The molecule has 9 heteroatoms. The van der Waals surface area contributed by atoms with Crippen molar-refractivity contribution >= 4 is 40.5 Å². The Balaban J connectivity index is 1.25. The van der Waals surface area contributed by atoms with Crippen LogP contribution in [-0.4, -0.2) is 59.1 Å². The molecule has 1 aliphatic carbocycles. The molecule has 28 heavy (non-hydrogen) atoms. The number of thiophene rings is 1. The van der Waals surface area contributed by atoms with Gasteiger partial charge in [0, 0.05) is 42.5 Å². The normalized spacial score (nSPS) is 27.0. The van der Waals surface area contributed by atoms with Gasteiger partial charge in [-0.3, -0.25) is 14.5 Å². The van der Waals surface area contributed by atoms with Gasteiger partial charge in [-0.1, -0.05) is 6.07 Å². The monoisotopic (exact) mass is 421 g/mol. The van der Waals surface area contributed by atoms with Crippen molar-refractivity contribution in [2.45, 2.75) is 62.8 Å². The first-order chi connectivity index (χ1) is 13.6. The number of carbonyl (C=O) groups excluding carboxylic acids is 2. The van der Waals surface area contributed by atoms with Crippen molar-refractivity contribution in [1.29, 1.82) is 0 Å². The molecule has 0 bridgehead atoms. The average molecular weight is 422 g/mol. The fourth-order valence-corrected chi connectivity index (χ4v) is 4.95. The van der Waals surface area contributed by atoms with Gasteiger partial charge in [0.05, 0.1) is 12.6 Å². The van der Waals surface area contributed by atoms with Crippen LogP contribution in [0.1, 0.15) is 37.0 Å². The Morgan fingerprint density at radius 3 is 2.89 bits per heavy atom. The fourth-order valence-electron chi connectivity index (χ4n) is 3.97. The maximum absolute atomic E-state index is 12.3. The van der Waals surface area contributed by atoms with Gasteiger partial charge >= 0.3 is 0 Å². The molecule has 3 fully saturated rings. The molecule has 2 saturated heterocycles. The topological polar surface area (TPSA) is 85.5 Å². The van der Waals surface area contributed by atoms with E-state index in [1.807, 2.05) is 17.5 Å². The van der Waals surface area contributed by atoms with E-state index in [4.69, 9.17) is 12.2 Å². The SMILES string of the molecule is O=C(CC[C@@H]1CNC(=O)[C@@H]2C[C@H](NC(=S)NC3CC3)CN12)NCc1cccs1. The molecule has 1 aromatic heterocycles. The van der Waals surface area contributed by atoms with Crippen molar-refractivity contribution in [2.75, 3.05) is 13.1 Å². The number of thiocarbonyl (C=S) groups is 1. The van der Waals surface area contributed by atoms with Crippen molar-refractivity contribution < 1.29 is 9.59 Å². The Kier molecular flexibility index (Phi) is 6.13. The summed E-state index contributed by atoms with van der Waals surface area (Å²) >= 11 is 7.03. The van der Waals surface area contributed by atoms with E-state index in [-0.39, 0.29) is 29.9 Å². The predicted octanol–water partition coefficient (Wildman–Crippen LogP) is 0.712. The Bertz CT molecular complexity index is 722. The highest BCUT2D eigenvalue weighted by atomic mass is 32.1. The zero-order chi connectivity index (χ0) is 19.5. The summed E-state index contributed by atoms with van der Waals surface area (Å²) in [5.74, 6) is 0.148. The molecule has 3 heterocycles. The molecule has 3 aliphatic rings. The molecular formula is C19H27N5O2S2. The molecule has 4 N–H and O–H groups in total. The van der Waals surface area contributed by atoms with Gasteiger partial charge in [-0.05, 0) is 49.3 Å². The third-order valence-electron chi connectivity index (χ3n) is 5.62. The van der Waals surface area contributed by atoms with Gasteiger partial charge in [0.2, 0.25) is 11.8 Å². The van der Waals surface area contributed by atoms with Crippen molar-refractivity contribution in [2.24, 2.45) is 0 Å². The van der Waals surface area contributed by atoms with Crippen LogP contribution in [0.3, 0.4) is 0 Å². The summed E-state index contributed by atoms with van der Waals surface area (Å²) in [4.78, 5) is 27.9. The molecule has 0 unspecified atom stereocenters. The third-order valence-corrected chi connectivity index (χ3v) is 6.73. The van der Waals surface area contributed by atoms with Gasteiger partial charge in [0.15, 0.2) is 5.11 Å². The highest BCUT2D eigenvalue weighted by molar-refractivity contribution is 7.80. The molecule has 0 radical (unpaired) electrons. The molecule has 0 aromatic carbocycles. The summed E-state index contributed by atoms with van der Waals surface area (Å²) in [7, 11) is 0. The van der Waals surface area contributed by atoms with Crippen LogP contribution in [0, 0.1) is 0 Å². The van der Waals surface area contributed by atoms with Crippen LogP contribution in [0.5, 0.6) is 0 Å². The highest BCUT2D eigenvalue weighted by Gasteiger charge is 2.43. The summed E-state index contributed by atoms with van der Waals surface area (Å²) in [5, 5.41) is 15.4. The maximum Gasteiger partial charge on any atom is 0.237 e. The van der Waals surface area contributed by atoms with Crippen LogP contribution in [0.15, 0.2) is 17.5 Å². The molecule has 0 spiro atoms. The standard InChI is InChI=1S/C19H27N5O2S2/c25-17(20-10-15-2-1-7-28-15)6-5-14-9-21-18(26)16-8-13(11-24(14)16)23-19(27)22-12-3-4-12/h1-2,7,12-14,16H,3-6,8-11H2,(H,20,25)(H,21,26)(H2,22,23,27)/t13-,14+,16-/m0/s1. The Hall–Kier alpha value is -1.71. The number of rotatable bonds is 7. The number of nitrogens with one attached hydrogen (secondary N) is 4. The Morgan fingerprint density at radius 2 is 2.14 bits per heavy atom. The first-order valence-electron chi connectivity index (χ1n) is 9.98. The van der Waals surface area contributed by atoms with Gasteiger partial charge in [-0.25, -0.2) is 0 Å². The first-order valence-corrected chi connectivity index (χ1v) is 11.3. The molecule has 4 rings (SSSR count). The highest BCUT2D eigenvalue weighted by Crippen LogP contribution is 2.26. The number of fused-ring (bicyclic) bond motifs is 1. The van der Waals surface area contributed by atoms with Crippen LogP contribution < -0.4 is 21.3 Å². The minimum absolute atomic E-state index is 0.0607. The second-order valence-electron chi connectivity index (χ2n) is 7.83. The molecular weight excluding hydrogens is 394 g/mol. The van der Waals surface area contributed by atoms with E-state index in [2.05, 4.69) is 26.2 Å². The molecule has 2 aliphatic heterocycles. The molecule has 3 atom stereocenters. The maximum atomic E-state index is 12.3. The summed E-state index contributed by atoms with van der Waals surface area (Å²) < 4.78 is 0. The molecule has 152 valence electrons. The smallest absolute Gasteiger partial charge is 0.237 e. The zero-order valence-electron chi connectivity index (χ0n) is 15.8. The summed E-state index contributed by atoms with van der Waals surface area (Å²) in [5.41, 5.74) is 0. The van der Waals surface area contributed by atoms with Crippen LogP contribution >= 0.6 is 23.6 Å². The lowest BCUT2D eigenvalue weighted by Gasteiger charge is -2.37. The van der Waals surface area contributed by atoms with Gasteiger partial charge in [0.1, 0.15) is 0 Å². The van der Waals surface area contributed by atoms with Gasteiger partial charge in [-0.15, -0.1) is 11.3 Å². The van der Waals surface area contributed by atoms with E-state index in [0.717, 1.165) is 24.3 Å². The molecule has 7 nitrogen and oxygen atoms in total. The second-order valence-corrected chi connectivity index (χ2v) is 9.27. The van der Waals surface area contributed by atoms with E-state index in [0.29, 0.717) is 30.7 Å². The minimum Gasteiger partial charge on any atom is -0.360 e. The second kappa shape index (κ2) is 8.75. The lowest BCUT2D eigenvalue weighted by atomic mass is 10.0. The summed E-state index contributed by atoms with van der Waals surface area (Å²) in [6.07, 6.45) is 4.32. The van der Waals surface area contributed by atoms with Crippen LogP contribution in [-0.2, 0) is 16.1 Å². The van der Waals surface area contributed by atoms with E-state index >= 15 is 0 Å². The fraction of sp³-hybridized carbons (Fsp3) is 0.632. The number of piperazine rings is 1. The van der Waals surface area contributed by atoms with Crippen LogP contribution in [0.2, 0.25) is 0 Å². The number of hydrogen-bond acceptors (Lipinski definition) is 5. The molecule has 1 saturated carbocycles. The van der Waals surface area contributed by atoms with Gasteiger partial charge in [0.25, 0.3) is 0 Å². The lowest BCUT2D eigenvalue weighted by molar-refractivity contribution is -0.129. The van der Waals surface area contributed by atoms with Gasteiger partial charge < -0.3 is 21.3 Å². The van der Waals surface area contributed by atoms with E-state index in [9.17, 15) is 9.59 Å². The quantitative estimate of drug-likeness (QED) is 0.486. The van der Waals surface area contributed by atoms with Gasteiger partial charge in [-0.2, -0.15) is 0 Å². The van der Waals surface area contributed by atoms with Crippen molar-refractivity contribution in [1.82, 2.24) is 26.2 Å². The Labute approximate surface area is 174 Å². The van der Waals surface area contributed by atoms with Crippen molar-refractivity contribution in [3.63, 3.8) is 0 Å². The van der Waals surface area contributed by atoms with Crippen molar-refractivity contribution in [3.05, 3.63) is 22.4 Å². The first kappa shape index (κ1) is 19.6. The van der Waals surface area contributed by atoms with Crippen LogP contribution in [0.25, 0.3) is 0 Å². The van der Waals surface area contributed by atoms with E-state index in [1.165, 1.54) is 12.8 Å². The average Bonchev–Trinajstić information content (AvgIpc) is 3.16. The number of carbonyl (C=O) groups is 2. The summed E-state index contributed by atoms with van der Waals surface area (Å²) in [6, 6.07) is 4.75. The molecule has 2 amide bonds. The zero-order valence-corrected chi connectivity index (χ0v) is 17.4. The number of hydrogen-bond donors (Lipinski definition) is 4. The lowest BCUT2D eigenvalue weighted by Crippen LogP contribution is -2.58. The number of nitrogens with zero attached hydrogens (tertiary/aromatic N) is 1. The predicted molar refractivity (Wildman–Crippen MR) is 113 cm³/mol. The Morgan fingerprint density at radius 1 is 1.32 bits per heavy atom. The van der Waals surface area contributed by atoms with Crippen molar-refractivity contribution in [3.8, 4) is 0 Å². The minimum atomic E-state index is -0.130. The van der Waals surface area contributed by atoms with E-state index < -0.39 is 0 Å². The number of amides is 2. The molecule has 1 aromatic rings.